The molecule has 2 amide bonds. The van der Waals surface area contributed by atoms with Crippen LogP contribution in [0.4, 0.5) is 4.39 Å². The zero-order chi connectivity index (χ0) is 20.7. The maximum absolute atomic E-state index is 13.9. The highest BCUT2D eigenvalue weighted by Crippen LogP contribution is 2.37. The standard InChI is InChI=1S/C22H28FN3O3/c1-2-9-24-20(27)17-25-10-4-11-26(13-12-25)21(28)22(7-14-29-15-8-22)18-5-3-6-19(23)16-18/h1,3,5-6,16H,4,7-15,17H2,(H,24,27). The average molecular weight is 401 g/mol. The Hall–Kier alpha value is -2.43. The molecule has 0 atom stereocenters. The van der Waals surface area contributed by atoms with Gasteiger partial charge < -0.3 is 15.0 Å². The van der Waals surface area contributed by atoms with Crippen molar-refractivity contribution in [3.05, 3.63) is 35.6 Å². The van der Waals surface area contributed by atoms with E-state index in [1.54, 1.807) is 6.07 Å². The largest absolute Gasteiger partial charge is 0.381 e. The van der Waals surface area contributed by atoms with E-state index >= 15 is 0 Å². The molecule has 0 aliphatic carbocycles. The highest BCUT2D eigenvalue weighted by molar-refractivity contribution is 5.88. The molecular weight excluding hydrogens is 373 g/mol. The van der Waals surface area contributed by atoms with E-state index in [1.165, 1.54) is 12.1 Å². The Labute approximate surface area is 171 Å². The van der Waals surface area contributed by atoms with Crippen LogP contribution >= 0.6 is 0 Å². The molecule has 7 heteroatoms. The minimum absolute atomic E-state index is 0.0324. The molecule has 0 saturated carbocycles. The summed E-state index contributed by atoms with van der Waals surface area (Å²) in [7, 11) is 0. The van der Waals surface area contributed by atoms with E-state index in [0.29, 0.717) is 45.7 Å². The summed E-state index contributed by atoms with van der Waals surface area (Å²) in [5.41, 5.74) is -0.0276. The highest BCUT2D eigenvalue weighted by Gasteiger charge is 2.44. The number of nitrogens with zero attached hydrogens (tertiary/aromatic N) is 2. The van der Waals surface area contributed by atoms with Crippen LogP contribution in [-0.2, 0) is 19.7 Å². The molecule has 0 bridgehead atoms. The quantitative estimate of drug-likeness (QED) is 0.753. The van der Waals surface area contributed by atoms with Gasteiger partial charge in [-0.3, -0.25) is 14.5 Å². The summed E-state index contributed by atoms with van der Waals surface area (Å²) in [6.45, 7) is 3.98. The van der Waals surface area contributed by atoms with Crippen molar-refractivity contribution in [2.24, 2.45) is 0 Å². The van der Waals surface area contributed by atoms with Crippen LogP contribution in [-0.4, -0.2) is 74.1 Å². The number of rotatable bonds is 5. The van der Waals surface area contributed by atoms with Crippen LogP contribution < -0.4 is 5.32 Å². The summed E-state index contributed by atoms with van der Waals surface area (Å²) in [5.74, 6) is 1.98. The fourth-order valence-electron chi connectivity index (χ4n) is 4.18. The molecule has 0 radical (unpaired) electrons. The van der Waals surface area contributed by atoms with Crippen molar-refractivity contribution in [2.45, 2.75) is 24.7 Å². The zero-order valence-corrected chi connectivity index (χ0v) is 16.7. The predicted molar refractivity (Wildman–Crippen MR) is 108 cm³/mol. The summed E-state index contributed by atoms with van der Waals surface area (Å²) in [5, 5.41) is 2.67. The Morgan fingerprint density at radius 3 is 2.72 bits per heavy atom. The summed E-state index contributed by atoms with van der Waals surface area (Å²) < 4.78 is 19.4. The van der Waals surface area contributed by atoms with Gasteiger partial charge in [-0.25, -0.2) is 4.39 Å². The third-order valence-electron chi connectivity index (χ3n) is 5.76. The van der Waals surface area contributed by atoms with E-state index in [4.69, 9.17) is 11.2 Å². The molecular formula is C22H28FN3O3. The smallest absolute Gasteiger partial charge is 0.234 e. The maximum atomic E-state index is 13.9. The first-order valence-corrected chi connectivity index (χ1v) is 10.1. The second-order valence-corrected chi connectivity index (χ2v) is 7.61. The van der Waals surface area contributed by atoms with Crippen molar-refractivity contribution in [1.82, 2.24) is 15.1 Å². The number of amides is 2. The van der Waals surface area contributed by atoms with E-state index in [2.05, 4.69) is 11.2 Å². The number of carbonyl (C=O) groups is 2. The molecule has 3 rings (SSSR count). The normalized spacial score (nSPS) is 19.8. The molecule has 2 heterocycles. The second kappa shape index (κ2) is 9.86. The first kappa shape index (κ1) is 21.3. The lowest BCUT2D eigenvalue weighted by Crippen LogP contribution is -2.51. The maximum Gasteiger partial charge on any atom is 0.234 e. The highest BCUT2D eigenvalue weighted by atomic mass is 19.1. The first-order valence-electron chi connectivity index (χ1n) is 10.1. The number of benzene rings is 1. The number of terminal acetylenes is 1. The Morgan fingerprint density at radius 1 is 1.21 bits per heavy atom. The Morgan fingerprint density at radius 2 is 2.00 bits per heavy atom. The van der Waals surface area contributed by atoms with Crippen molar-refractivity contribution in [3.63, 3.8) is 0 Å². The molecule has 1 aromatic carbocycles. The Bertz CT molecular complexity index is 771. The molecule has 2 aliphatic heterocycles. The summed E-state index contributed by atoms with van der Waals surface area (Å²) in [6.07, 6.45) is 7.05. The summed E-state index contributed by atoms with van der Waals surface area (Å²) >= 11 is 0. The zero-order valence-electron chi connectivity index (χ0n) is 16.7. The number of halogens is 1. The molecule has 0 aromatic heterocycles. The molecule has 6 nitrogen and oxygen atoms in total. The SMILES string of the molecule is C#CCNC(=O)CN1CCCN(C(=O)C2(c3cccc(F)c3)CCOCC2)CC1. The van der Waals surface area contributed by atoms with Crippen molar-refractivity contribution in [3.8, 4) is 12.3 Å². The van der Waals surface area contributed by atoms with Crippen LogP contribution in [0, 0.1) is 18.2 Å². The monoisotopic (exact) mass is 401 g/mol. The van der Waals surface area contributed by atoms with Gasteiger partial charge in [-0.05, 0) is 37.0 Å². The van der Waals surface area contributed by atoms with Crippen LogP contribution in [0.3, 0.4) is 0 Å². The molecule has 1 N–H and O–H groups in total. The van der Waals surface area contributed by atoms with Gasteiger partial charge in [0.15, 0.2) is 0 Å². The van der Waals surface area contributed by atoms with Crippen LogP contribution in [0.5, 0.6) is 0 Å². The molecule has 2 aliphatic rings. The number of ether oxygens (including phenoxy) is 1. The van der Waals surface area contributed by atoms with Gasteiger partial charge in [0.1, 0.15) is 5.82 Å². The van der Waals surface area contributed by atoms with Crippen LogP contribution in [0.1, 0.15) is 24.8 Å². The molecule has 2 saturated heterocycles. The van der Waals surface area contributed by atoms with Gasteiger partial charge in [0.25, 0.3) is 0 Å². The van der Waals surface area contributed by atoms with E-state index in [0.717, 1.165) is 18.5 Å². The number of nitrogens with one attached hydrogen (secondary N) is 1. The van der Waals surface area contributed by atoms with Crippen molar-refractivity contribution >= 4 is 11.8 Å². The summed E-state index contributed by atoms with van der Waals surface area (Å²) in [6, 6.07) is 6.37. The lowest BCUT2D eigenvalue weighted by molar-refractivity contribution is -0.141. The summed E-state index contributed by atoms with van der Waals surface area (Å²) in [4.78, 5) is 29.5. The lowest BCUT2D eigenvalue weighted by Gasteiger charge is -2.40. The second-order valence-electron chi connectivity index (χ2n) is 7.61. The predicted octanol–water partition coefficient (Wildman–Crippen LogP) is 1.16. The first-order chi connectivity index (χ1) is 14.0. The average Bonchev–Trinajstić information content (AvgIpc) is 2.97. The molecule has 1 aromatic rings. The van der Waals surface area contributed by atoms with E-state index < -0.39 is 5.41 Å². The van der Waals surface area contributed by atoms with E-state index in [9.17, 15) is 14.0 Å². The number of hydrogen-bond acceptors (Lipinski definition) is 4. The van der Waals surface area contributed by atoms with Crippen molar-refractivity contribution in [1.29, 1.82) is 0 Å². The van der Waals surface area contributed by atoms with E-state index in [1.807, 2.05) is 15.9 Å². The van der Waals surface area contributed by atoms with Gasteiger partial charge in [0.05, 0.1) is 18.5 Å². The van der Waals surface area contributed by atoms with Gasteiger partial charge in [0, 0.05) is 39.4 Å². The van der Waals surface area contributed by atoms with Crippen molar-refractivity contribution < 1.29 is 18.7 Å². The minimum Gasteiger partial charge on any atom is -0.381 e. The molecule has 2 fully saturated rings. The van der Waals surface area contributed by atoms with Crippen LogP contribution in [0.15, 0.2) is 24.3 Å². The fraction of sp³-hybridized carbons (Fsp3) is 0.545. The van der Waals surface area contributed by atoms with Crippen LogP contribution in [0.2, 0.25) is 0 Å². The topological polar surface area (TPSA) is 61.9 Å². The van der Waals surface area contributed by atoms with Crippen molar-refractivity contribution in [2.75, 3.05) is 52.5 Å². The van der Waals surface area contributed by atoms with Crippen LogP contribution in [0.25, 0.3) is 0 Å². The molecule has 0 spiro atoms. The lowest BCUT2D eigenvalue weighted by atomic mass is 9.73. The fourth-order valence-corrected chi connectivity index (χ4v) is 4.18. The Kier molecular flexibility index (Phi) is 7.24. The number of carbonyl (C=O) groups excluding carboxylic acids is 2. The Balaban J connectivity index is 1.70. The molecule has 0 unspecified atom stereocenters. The third kappa shape index (κ3) is 5.14. The van der Waals surface area contributed by atoms with Gasteiger partial charge in [-0.2, -0.15) is 0 Å². The van der Waals surface area contributed by atoms with Gasteiger partial charge >= 0.3 is 0 Å². The molecule has 29 heavy (non-hydrogen) atoms. The molecule has 156 valence electrons. The van der Waals surface area contributed by atoms with E-state index in [-0.39, 0.29) is 30.7 Å². The van der Waals surface area contributed by atoms with Gasteiger partial charge in [-0.15, -0.1) is 6.42 Å². The van der Waals surface area contributed by atoms with Gasteiger partial charge in [0.2, 0.25) is 11.8 Å². The third-order valence-corrected chi connectivity index (χ3v) is 5.76. The minimum atomic E-state index is -0.750. The number of hydrogen-bond donors (Lipinski definition) is 1. The van der Waals surface area contributed by atoms with Gasteiger partial charge in [-0.1, -0.05) is 18.1 Å².